The first-order chi connectivity index (χ1) is 18.3. The fourth-order valence-electron chi connectivity index (χ4n) is 4.23. The van der Waals surface area contributed by atoms with E-state index in [-0.39, 0.29) is 5.56 Å². The number of aliphatic hydroxyl groups is 1. The van der Waals surface area contributed by atoms with Crippen LogP contribution in [0.2, 0.25) is 0 Å². The molecule has 2 N–H and O–H groups in total. The zero-order valence-electron chi connectivity index (χ0n) is 22.7. The number of rotatable bonds is 10. The topological polar surface area (TPSA) is 94.3 Å². The lowest BCUT2D eigenvalue weighted by Gasteiger charge is -2.30. The lowest BCUT2D eigenvalue weighted by atomic mass is 9.91. The van der Waals surface area contributed by atoms with E-state index in [0.717, 1.165) is 25.5 Å². The fourth-order valence-corrected chi connectivity index (χ4v) is 4.23. The first kappa shape index (κ1) is 28.3. The average Bonchev–Trinajstić information content (AvgIpc) is 3.29. The number of hydrogen-bond acceptors (Lipinski definition) is 7. The Labute approximate surface area is 224 Å². The highest BCUT2D eigenvalue weighted by Crippen LogP contribution is 2.42. The Morgan fingerprint density at radius 1 is 1.13 bits per heavy atom. The molecule has 8 nitrogen and oxygen atoms in total. The third kappa shape index (κ3) is 5.69. The number of aryl methyl sites for hydroxylation is 2. The minimum Gasteiger partial charge on any atom is -0.490 e. The van der Waals surface area contributed by atoms with Crippen LogP contribution in [0, 0.1) is 12.7 Å². The van der Waals surface area contributed by atoms with Gasteiger partial charge in [-0.3, -0.25) is 4.68 Å². The van der Waals surface area contributed by atoms with E-state index in [9.17, 15) is 13.9 Å². The Bertz CT molecular complexity index is 1480. The molecule has 208 valence electrons. The van der Waals surface area contributed by atoms with E-state index in [4.69, 9.17) is 9.47 Å². The molecule has 2 heterocycles. The van der Waals surface area contributed by atoms with Crippen LogP contribution in [0.4, 0.5) is 19.0 Å². The molecule has 0 saturated carbocycles. The van der Waals surface area contributed by atoms with Crippen molar-refractivity contribution in [3.8, 4) is 17.0 Å². The summed E-state index contributed by atoms with van der Waals surface area (Å²) in [5, 5.41) is 18.2. The summed E-state index contributed by atoms with van der Waals surface area (Å²) in [7, 11) is 3.40. The number of benzene rings is 2. The van der Waals surface area contributed by atoms with E-state index in [0.29, 0.717) is 47.2 Å². The Kier molecular flexibility index (Phi) is 7.85. The van der Waals surface area contributed by atoms with E-state index in [1.54, 1.807) is 31.7 Å². The van der Waals surface area contributed by atoms with Gasteiger partial charge in [-0.15, -0.1) is 0 Å². The van der Waals surface area contributed by atoms with Gasteiger partial charge in [-0.2, -0.15) is 13.9 Å². The third-order valence-electron chi connectivity index (χ3n) is 6.40. The number of nitrogens with zero attached hydrogens (tertiary/aromatic N) is 4. The molecule has 0 fully saturated rings. The normalized spacial score (nSPS) is 13.1. The number of halogens is 3. The minimum absolute atomic E-state index is 0.00233. The summed E-state index contributed by atoms with van der Waals surface area (Å²) >= 11 is 0. The van der Waals surface area contributed by atoms with Crippen LogP contribution >= 0.6 is 0 Å². The molecule has 11 heteroatoms. The number of methoxy groups -OCH3 is 1. The Morgan fingerprint density at radius 3 is 2.51 bits per heavy atom. The van der Waals surface area contributed by atoms with Crippen molar-refractivity contribution in [2.45, 2.75) is 45.3 Å². The van der Waals surface area contributed by atoms with E-state index in [1.807, 2.05) is 25.4 Å². The molecule has 0 aliphatic carbocycles. The highest BCUT2D eigenvalue weighted by atomic mass is 19.3. The van der Waals surface area contributed by atoms with Crippen LogP contribution in [0.15, 0.2) is 42.6 Å². The van der Waals surface area contributed by atoms with Gasteiger partial charge in [-0.05, 0) is 52.0 Å². The second-order valence-corrected chi connectivity index (χ2v) is 9.91. The number of ether oxygens (including phenoxy) is 2. The SMILES string of the molecule is COCCOc1cc2c(N[C@H](C)c3cccc(C(F)(F)C(C)(C)O)c3F)nc(C)nc2cc1-c1ccn(C)n1. The number of fused-ring (bicyclic) bond motifs is 1. The van der Waals surface area contributed by atoms with Crippen LogP contribution in [-0.2, 0) is 17.7 Å². The van der Waals surface area contributed by atoms with Crippen LogP contribution in [0.25, 0.3) is 22.2 Å². The summed E-state index contributed by atoms with van der Waals surface area (Å²) in [6, 6.07) is 8.47. The molecular weight excluding hydrogens is 511 g/mol. The molecule has 2 aromatic carbocycles. The van der Waals surface area contributed by atoms with Gasteiger partial charge in [0.25, 0.3) is 0 Å². The quantitative estimate of drug-likeness (QED) is 0.254. The lowest BCUT2D eigenvalue weighted by Crippen LogP contribution is -2.41. The number of nitrogens with one attached hydrogen (secondary N) is 1. The maximum Gasteiger partial charge on any atom is 0.303 e. The molecule has 0 amide bonds. The van der Waals surface area contributed by atoms with Crippen molar-refractivity contribution in [1.82, 2.24) is 19.7 Å². The molecule has 1 atom stereocenters. The molecule has 0 radical (unpaired) electrons. The lowest BCUT2D eigenvalue weighted by molar-refractivity contribution is -0.170. The van der Waals surface area contributed by atoms with Gasteiger partial charge in [0.05, 0.1) is 29.4 Å². The average molecular weight is 544 g/mol. The second kappa shape index (κ2) is 10.8. The predicted octanol–water partition coefficient (Wildman–Crippen LogP) is 5.54. The van der Waals surface area contributed by atoms with Crippen LogP contribution in [0.1, 0.15) is 43.8 Å². The second-order valence-electron chi connectivity index (χ2n) is 9.91. The molecule has 0 unspecified atom stereocenters. The Balaban J connectivity index is 1.78. The highest BCUT2D eigenvalue weighted by molar-refractivity contribution is 5.94. The molecular formula is C28H32F3N5O3. The zero-order chi connectivity index (χ0) is 28.5. The van der Waals surface area contributed by atoms with Crippen molar-refractivity contribution >= 4 is 16.7 Å². The van der Waals surface area contributed by atoms with Gasteiger partial charge in [0.15, 0.2) is 0 Å². The van der Waals surface area contributed by atoms with Crippen LogP contribution in [-0.4, -0.2) is 50.8 Å². The van der Waals surface area contributed by atoms with Gasteiger partial charge in [0.2, 0.25) is 0 Å². The number of hydrogen-bond donors (Lipinski definition) is 2. The van der Waals surface area contributed by atoms with Crippen molar-refractivity contribution < 1.29 is 27.8 Å². The molecule has 0 aliphatic heterocycles. The monoisotopic (exact) mass is 543 g/mol. The molecule has 4 rings (SSSR count). The third-order valence-corrected chi connectivity index (χ3v) is 6.40. The van der Waals surface area contributed by atoms with E-state index >= 15 is 4.39 Å². The Morgan fingerprint density at radius 2 is 1.87 bits per heavy atom. The largest absolute Gasteiger partial charge is 0.490 e. The number of aromatic nitrogens is 4. The van der Waals surface area contributed by atoms with Gasteiger partial charge < -0.3 is 19.9 Å². The van der Waals surface area contributed by atoms with Gasteiger partial charge in [0.1, 0.15) is 35.4 Å². The summed E-state index contributed by atoms with van der Waals surface area (Å²) in [5.74, 6) is -3.53. The van der Waals surface area contributed by atoms with Gasteiger partial charge in [-0.25, -0.2) is 14.4 Å². The van der Waals surface area contributed by atoms with Crippen molar-refractivity contribution in [2.24, 2.45) is 7.05 Å². The van der Waals surface area contributed by atoms with Crippen molar-refractivity contribution in [1.29, 1.82) is 0 Å². The van der Waals surface area contributed by atoms with Gasteiger partial charge in [-0.1, -0.05) is 12.1 Å². The summed E-state index contributed by atoms with van der Waals surface area (Å²) in [4.78, 5) is 9.09. The van der Waals surface area contributed by atoms with Crippen LogP contribution in [0.3, 0.4) is 0 Å². The summed E-state index contributed by atoms with van der Waals surface area (Å²) < 4.78 is 57.9. The molecule has 2 aromatic heterocycles. The zero-order valence-corrected chi connectivity index (χ0v) is 22.7. The number of anilines is 1. The van der Waals surface area contributed by atoms with E-state index in [2.05, 4.69) is 20.4 Å². The van der Waals surface area contributed by atoms with E-state index < -0.39 is 28.9 Å². The van der Waals surface area contributed by atoms with Crippen LogP contribution in [0.5, 0.6) is 5.75 Å². The van der Waals surface area contributed by atoms with Gasteiger partial charge in [0, 0.05) is 36.9 Å². The number of alkyl halides is 2. The fraction of sp³-hybridized carbons (Fsp3) is 0.393. The molecule has 0 spiro atoms. The molecule has 0 bridgehead atoms. The molecule has 39 heavy (non-hydrogen) atoms. The highest BCUT2D eigenvalue weighted by Gasteiger charge is 2.49. The maximum atomic E-state index is 15.4. The van der Waals surface area contributed by atoms with Gasteiger partial charge >= 0.3 is 5.92 Å². The summed E-state index contributed by atoms with van der Waals surface area (Å²) in [6.45, 7) is 5.93. The first-order valence-electron chi connectivity index (χ1n) is 12.4. The van der Waals surface area contributed by atoms with Crippen molar-refractivity contribution in [3.05, 3.63) is 65.4 Å². The van der Waals surface area contributed by atoms with Crippen LogP contribution < -0.4 is 10.1 Å². The molecule has 0 saturated heterocycles. The first-order valence-corrected chi connectivity index (χ1v) is 12.4. The summed E-state index contributed by atoms with van der Waals surface area (Å²) in [6.07, 6.45) is 1.82. The Hall–Kier alpha value is -3.70. The van der Waals surface area contributed by atoms with E-state index in [1.165, 1.54) is 12.1 Å². The molecule has 4 aromatic rings. The van der Waals surface area contributed by atoms with Crippen molar-refractivity contribution in [2.75, 3.05) is 25.6 Å². The summed E-state index contributed by atoms with van der Waals surface area (Å²) in [5.41, 5.74) is -1.31. The minimum atomic E-state index is -3.80. The standard InChI is InChI=1S/C28H32F3N5O3/c1-16(18-8-7-9-21(25(18)29)28(30,31)27(3,4)37)32-26-20-15-24(39-13-12-38-6)19(22-10-11-36(5)35-22)14-23(20)33-17(2)34-26/h7-11,14-16,37H,12-13H2,1-6H3,(H,32,33,34)/t16-/m1/s1. The maximum absolute atomic E-state index is 15.4. The predicted molar refractivity (Wildman–Crippen MR) is 142 cm³/mol. The smallest absolute Gasteiger partial charge is 0.303 e. The molecule has 0 aliphatic rings. The van der Waals surface area contributed by atoms with Crippen molar-refractivity contribution in [3.63, 3.8) is 0 Å².